The summed E-state index contributed by atoms with van der Waals surface area (Å²) in [5.74, 6) is 0.112. The molecule has 21 heavy (non-hydrogen) atoms. The number of ether oxygens (including phenoxy) is 3. The zero-order chi connectivity index (χ0) is 15.4. The van der Waals surface area contributed by atoms with E-state index in [1.807, 2.05) is 0 Å². The lowest BCUT2D eigenvalue weighted by Gasteiger charge is -2.37. The minimum absolute atomic E-state index is 0.0457. The third-order valence-corrected chi connectivity index (χ3v) is 3.09. The molecule has 10 nitrogen and oxygen atoms in total. The zero-order valence-corrected chi connectivity index (χ0v) is 11.6. The van der Waals surface area contributed by atoms with E-state index in [9.17, 15) is 10.2 Å². The molecule has 10 heteroatoms. The molecule has 0 aromatic carbocycles. The van der Waals surface area contributed by atoms with E-state index < -0.39 is 24.4 Å². The Labute approximate surface area is 120 Å². The van der Waals surface area contributed by atoms with E-state index in [1.54, 1.807) is 0 Å². The van der Waals surface area contributed by atoms with Gasteiger partial charge in [0.1, 0.15) is 18.3 Å². The van der Waals surface area contributed by atoms with Gasteiger partial charge in [0.15, 0.2) is 0 Å². The maximum Gasteiger partial charge on any atom is 0.324 e. The van der Waals surface area contributed by atoms with Crippen molar-refractivity contribution < 1.29 is 29.5 Å². The summed E-state index contributed by atoms with van der Waals surface area (Å²) in [6, 6.07) is -0.562. The second kappa shape index (κ2) is 6.80. The van der Waals surface area contributed by atoms with Gasteiger partial charge in [0.05, 0.1) is 33.5 Å². The van der Waals surface area contributed by atoms with E-state index in [1.165, 1.54) is 14.2 Å². The number of rotatable bonds is 5. The average Bonchev–Trinajstić information content (AvgIpc) is 2.51. The van der Waals surface area contributed by atoms with Gasteiger partial charge in [0.25, 0.3) is 0 Å². The zero-order valence-electron chi connectivity index (χ0n) is 11.6. The van der Waals surface area contributed by atoms with Gasteiger partial charge in [-0.15, -0.1) is 4.98 Å². The second-order valence-electron chi connectivity index (χ2n) is 4.42. The van der Waals surface area contributed by atoms with Crippen LogP contribution in [0.1, 0.15) is 0 Å². The van der Waals surface area contributed by atoms with E-state index in [2.05, 4.69) is 20.3 Å². The van der Waals surface area contributed by atoms with E-state index in [0.29, 0.717) is 0 Å². The second-order valence-corrected chi connectivity index (χ2v) is 4.42. The van der Waals surface area contributed by atoms with Crippen LogP contribution in [0.25, 0.3) is 0 Å². The van der Waals surface area contributed by atoms with Crippen molar-refractivity contribution in [2.75, 3.05) is 32.8 Å². The highest BCUT2D eigenvalue weighted by atomic mass is 16.5. The summed E-state index contributed by atoms with van der Waals surface area (Å²) in [7, 11) is 2.79. The molecule has 4 atom stereocenters. The molecule has 1 aromatic heterocycles. The molecular weight excluding hydrogens is 284 g/mol. The van der Waals surface area contributed by atoms with Crippen molar-refractivity contribution in [1.29, 1.82) is 0 Å². The van der Waals surface area contributed by atoms with Crippen molar-refractivity contribution in [2.45, 2.75) is 24.4 Å². The Balaban J connectivity index is 2.11. The first-order valence-corrected chi connectivity index (χ1v) is 6.28. The van der Waals surface area contributed by atoms with Crippen LogP contribution in [0.5, 0.6) is 12.0 Å². The summed E-state index contributed by atoms with van der Waals surface area (Å²) in [5, 5.41) is 31.7. The lowest BCUT2D eigenvalue weighted by atomic mass is 9.98. The van der Waals surface area contributed by atoms with Crippen LogP contribution in [0.2, 0.25) is 0 Å². The Morgan fingerprint density at radius 3 is 2.29 bits per heavy atom. The highest BCUT2D eigenvalue weighted by Gasteiger charge is 2.38. The van der Waals surface area contributed by atoms with Gasteiger partial charge in [-0.25, -0.2) is 0 Å². The Kier molecular flexibility index (Phi) is 5.07. The molecular formula is C11H18N4O6. The molecule has 0 radical (unpaired) electrons. The predicted molar refractivity (Wildman–Crippen MR) is 69.2 cm³/mol. The SMILES string of the molecule is COc1nc(N[C@H]2CO[C@H](CO)[C@H](O)[C@@H]2O)nc(OC)n1. The molecule has 0 unspecified atom stereocenters. The van der Waals surface area contributed by atoms with Gasteiger partial charge in [-0.3, -0.25) is 0 Å². The number of nitrogens with one attached hydrogen (secondary N) is 1. The van der Waals surface area contributed by atoms with Crippen molar-refractivity contribution in [3.63, 3.8) is 0 Å². The van der Waals surface area contributed by atoms with Crippen molar-refractivity contribution >= 4 is 5.95 Å². The van der Waals surface area contributed by atoms with Crippen molar-refractivity contribution in [3.05, 3.63) is 0 Å². The highest BCUT2D eigenvalue weighted by Crippen LogP contribution is 2.19. The molecule has 1 fully saturated rings. The standard InChI is InChI=1S/C11H18N4O6/c1-19-10-13-9(14-11(15-10)20-2)12-5-4-21-6(3-16)8(18)7(5)17/h5-8,16-18H,3-4H2,1-2H3,(H,12,13,14,15)/t5-,6+,7+,8-/m0/s1. The third kappa shape index (κ3) is 3.47. The molecule has 1 aliphatic rings. The van der Waals surface area contributed by atoms with Crippen molar-refractivity contribution in [2.24, 2.45) is 0 Å². The highest BCUT2D eigenvalue weighted by molar-refractivity contribution is 5.30. The first-order chi connectivity index (χ1) is 10.1. The third-order valence-electron chi connectivity index (χ3n) is 3.09. The summed E-state index contributed by atoms with van der Waals surface area (Å²) in [4.78, 5) is 11.8. The number of hydrogen-bond acceptors (Lipinski definition) is 10. The van der Waals surface area contributed by atoms with Crippen LogP contribution in [0.3, 0.4) is 0 Å². The van der Waals surface area contributed by atoms with Crippen LogP contribution in [0.15, 0.2) is 0 Å². The van der Waals surface area contributed by atoms with E-state index >= 15 is 0 Å². The van der Waals surface area contributed by atoms with Crippen molar-refractivity contribution in [3.8, 4) is 12.0 Å². The molecule has 4 N–H and O–H groups in total. The molecule has 1 saturated heterocycles. The van der Waals surface area contributed by atoms with Crippen LogP contribution < -0.4 is 14.8 Å². The van der Waals surface area contributed by atoms with Crippen LogP contribution in [-0.4, -0.2) is 82.1 Å². The summed E-state index contributed by atoms with van der Waals surface area (Å²) in [6.45, 7) is -0.307. The van der Waals surface area contributed by atoms with Gasteiger partial charge >= 0.3 is 12.0 Å². The fourth-order valence-electron chi connectivity index (χ4n) is 1.92. The monoisotopic (exact) mass is 302 g/mol. The van der Waals surface area contributed by atoms with Crippen LogP contribution in [0.4, 0.5) is 5.95 Å². The normalized spacial score (nSPS) is 29.0. The molecule has 0 spiro atoms. The lowest BCUT2D eigenvalue weighted by Crippen LogP contribution is -2.56. The van der Waals surface area contributed by atoms with E-state index in [-0.39, 0.29) is 31.2 Å². The summed E-state index contributed by atoms with van der Waals surface area (Å²) < 4.78 is 15.1. The molecule has 118 valence electrons. The molecule has 2 rings (SSSR count). The Morgan fingerprint density at radius 2 is 1.76 bits per heavy atom. The number of hydrogen-bond donors (Lipinski definition) is 4. The number of aliphatic hydroxyl groups is 3. The van der Waals surface area contributed by atoms with Gasteiger partial charge in [0, 0.05) is 0 Å². The van der Waals surface area contributed by atoms with Crippen LogP contribution >= 0.6 is 0 Å². The predicted octanol–water partition coefficient (Wildman–Crippen LogP) is -2.22. The molecule has 2 heterocycles. The molecule has 0 bridgehead atoms. The smallest absolute Gasteiger partial charge is 0.324 e. The fourth-order valence-corrected chi connectivity index (χ4v) is 1.92. The van der Waals surface area contributed by atoms with Crippen LogP contribution in [-0.2, 0) is 4.74 Å². The first kappa shape index (κ1) is 15.6. The number of aliphatic hydroxyl groups excluding tert-OH is 3. The molecule has 0 saturated carbocycles. The summed E-state index contributed by atoms with van der Waals surface area (Å²) in [6.07, 6.45) is -3.18. The van der Waals surface area contributed by atoms with Gasteiger partial charge in [-0.05, 0) is 0 Å². The maximum atomic E-state index is 10.0. The average molecular weight is 302 g/mol. The minimum atomic E-state index is -1.22. The Morgan fingerprint density at radius 1 is 1.14 bits per heavy atom. The molecule has 0 aliphatic carbocycles. The van der Waals surface area contributed by atoms with Gasteiger partial charge in [0.2, 0.25) is 5.95 Å². The lowest BCUT2D eigenvalue weighted by molar-refractivity contribution is -0.152. The maximum absolute atomic E-state index is 10.0. The number of nitrogens with zero attached hydrogens (tertiary/aromatic N) is 3. The van der Waals surface area contributed by atoms with Gasteiger partial charge in [-0.1, -0.05) is 0 Å². The largest absolute Gasteiger partial charge is 0.467 e. The molecule has 1 aromatic rings. The minimum Gasteiger partial charge on any atom is -0.467 e. The number of methoxy groups -OCH3 is 2. The van der Waals surface area contributed by atoms with Gasteiger partial charge < -0.3 is 34.8 Å². The first-order valence-electron chi connectivity index (χ1n) is 6.28. The van der Waals surface area contributed by atoms with Gasteiger partial charge in [-0.2, -0.15) is 9.97 Å². The summed E-state index contributed by atoms with van der Waals surface area (Å²) >= 11 is 0. The van der Waals surface area contributed by atoms with Crippen molar-refractivity contribution in [1.82, 2.24) is 15.0 Å². The number of anilines is 1. The topological polar surface area (TPSA) is 139 Å². The molecule has 0 amide bonds. The quantitative estimate of drug-likeness (QED) is 0.473. The Bertz CT molecular complexity index is 454. The van der Waals surface area contributed by atoms with E-state index in [4.69, 9.17) is 19.3 Å². The molecule has 1 aliphatic heterocycles. The van der Waals surface area contributed by atoms with E-state index in [0.717, 1.165) is 0 Å². The van der Waals surface area contributed by atoms with Crippen LogP contribution in [0, 0.1) is 0 Å². The Hall–Kier alpha value is -1.75. The fraction of sp³-hybridized carbons (Fsp3) is 0.727. The number of aromatic nitrogens is 3. The summed E-state index contributed by atoms with van der Waals surface area (Å²) in [5.41, 5.74) is 0.